The highest BCUT2D eigenvalue weighted by atomic mass is 32.1. The van der Waals surface area contributed by atoms with E-state index in [0.717, 1.165) is 37.0 Å². The minimum atomic E-state index is 0.489. The van der Waals surface area contributed by atoms with Crippen LogP contribution in [0.4, 0.5) is 5.69 Å². The van der Waals surface area contributed by atoms with Crippen LogP contribution in [0.5, 0.6) is 0 Å². The highest BCUT2D eigenvalue weighted by Crippen LogP contribution is 2.32. The molecule has 1 aromatic rings. The predicted octanol–water partition coefficient (Wildman–Crippen LogP) is 2.93. The van der Waals surface area contributed by atoms with Crippen LogP contribution in [0, 0.1) is 5.92 Å². The van der Waals surface area contributed by atoms with Gasteiger partial charge in [-0.3, -0.25) is 4.90 Å². The molecule has 108 valence electrons. The molecule has 1 aliphatic carbocycles. The molecule has 20 heavy (non-hydrogen) atoms. The summed E-state index contributed by atoms with van der Waals surface area (Å²) < 4.78 is 5.46. The van der Waals surface area contributed by atoms with Crippen LogP contribution in [0.1, 0.15) is 19.3 Å². The van der Waals surface area contributed by atoms with Gasteiger partial charge in [-0.25, -0.2) is 0 Å². The van der Waals surface area contributed by atoms with Gasteiger partial charge >= 0.3 is 0 Å². The molecule has 0 spiro atoms. The molecule has 2 aliphatic rings. The van der Waals surface area contributed by atoms with Crippen molar-refractivity contribution in [3.8, 4) is 0 Å². The fraction of sp³-hybridized carbons (Fsp3) is 0.562. The van der Waals surface area contributed by atoms with Crippen molar-refractivity contribution in [3.05, 3.63) is 30.3 Å². The van der Waals surface area contributed by atoms with E-state index < -0.39 is 0 Å². The first-order chi connectivity index (χ1) is 9.84. The summed E-state index contributed by atoms with van der Waals surface area (Å²) in [5.74, 6) is 0.489. The first-order valence-corrected chi connectivity index (χ1v) is 7.93. The summed E-state index contributed by atoms with van der Waals surface area (Å²) in [6.07, 6.45) is 3.76. The molecule has 1 saturated heterocycles. The standard InChI is InChI=1S/C16H22N2OS/c20-16(17-13-5-2-1-3-6-13)14-7-4-8-15(14)18-9-11-19-12-10-18/h1-3,5-6,14-15H,4,7-12H2,(H,17,20)/t14-,15-/m0/s1. The Bertz CT molecular complexity index is 445. The number of nitrogens with one attached hydrogen (secondary N) is 1. The van der Waals surface area contributed by atoms with Crippen molar-refractivity contribution < 1.29 is 4.74 Å². The van der Waals surface area contributed by atoms with Crippen LogP contribution in [0.25, 0.3) is 0 Å². The monoisotopic (exact) mass is 290 g/mol. The highest BCUT2D eigenvalue weighted by Gasteiger charge is 2.35. The van der Waals surface area contributed by atoms with Crippen molar-refractivity contribution in [2.45, 2.75) is 25.3 Å². The van der Waals surface area contributed by atoms with Crippen LogP contribution < -0.4 is 5.32 Å². The molecule has 1 heterocycles. The lowest BCUT2D eigenvalue weighted by Gasteiger charge is -2.35. The summed E-state index contributed by atoms with van der Waals surface area (Å²) >= 11 is 5.67. The summed E-state index contributed by atoms with van der Waals surface area (Å²) in [4.78, 5) is 3.57. The molecule has 2 fully saturated rings. The van der Waals surface area contributed by atoms with Crippen LogP contribution in [0.15, 0.2) is 30.3 Å². The second kappa shape index (κ2) is 6.66. The van der Waals surface area contributed by atoms with E-state index in [1.54, 1.807) is 0 Å². The zero-order valence-corrected chi connectivity index (χ0v) is 12.6. The number of morpholine rings is 1. The smallest absolute Gasteiger partial charge is 0.0844 e. The van der Waals surface area contributed by atoms with Crippen molar-refractivity contribution in [1.29, 1.82) is 0 Å². The predicted molar refractivity (Wildman–Crippen MR) is 86.2 cm³/mol. The lowest BCUT2D eigenvalue weighted by Crippen LogP contribution is -2.47. The zero-order chi connectivity index (χ0) is 13.8. The molecule has 1 aromatic carbocycles. The van der Waals surface area contributed by atoms with Crippen molar-refractivity contribution >= 4 is 22.9 Å². The molecular weight excluding hydrogens is 268 g/mol. The van der Waals surface area contributed by atoms with E-state index >= 15 is 0 Å². The lowest BCUT2D eigenvalue weighted by atomic mass is 10.0. The first-order valence-electron chi connectivity index (χ1n) is 7.52. The largest absolute Gasteiger partial charge is 0.379 e. The van der Waals surface area contributed by atoms with Crippen molar-refractivity contribution in [1.82, 2.24) is 4.90 Å². The minimum absolute atomic E-state index is 0.489. The molecular formula is C16H22N2OS. The van der Waals surface area contributed by atoms with Gasteiger partial charge < -0.3 is 10.1 Å². The molecule has 3 rings (SSSR count). The SMILES string of the molecule is S=C(Nc1ccccc1)[C@H]1CCC[C@@H]1N1CCOCC1. The molecule has 1 N–H and O–H groups in total. The maximum atomic E-state index is 5.67. The third-order valence-corrected chi connectivity index (χ3v) is 4.78. The fourth-order valence-corrected chi connectivity index (χ4v) is 3.74. The summed E-state index contributed by atoms with van der Waals surface area (Å²) in [6.45, 7) is 3.83. The topological polar surface area (TPSA) is 24.5 Å². The highest BCUT2D eigenvalue weighted by molar-refractivity contribution is 7.80. The Kier molecular flexibility index (Phi) is 4.65. The van der Waals surface area contributed by atoms with Crippen LogP contribution in [-0.4, -0.2) is 42.2 Å². The van der Waals surface area contributed by atoms with E-state index in [9.17, 15) is 0 Å². The summed E-state index contributed by atoms with van der Waals surface area (Å²) in [5, 5.41) is 3.43. The Morgan fingerprint density at radius 1 is 1.15 bits per heavy atom. The maximum Gasteiger partial charge on any atom is 0.0844 e. The minimum Gasteiger partial charge on any atom is -0.379 e. The number of hydrogen-bond donors (Lipinski definition) is 1. The molecule has 3 nitrogen and oxygen atoms in total. The average Bonchev–Trinajstić information content (AvgIpc) is 2.99. The average molecular weight is 290 g/mol. The second-order valence-corrected chi connectivity index (χ2v) is 6.05. The van der Waals surface area contributed by atoms with E-state index in [4.69, 9.17) is 17.0 Å². The number of para-hydroxylation sites is 1. The first kappa shape index (κ1) is 14.0. The van der Waals surface area contributed by atoms with Crippen LogP contribution >= 0.6 is 12.2 Å². The van der Waals surface area contributed by atoms with Gasteiger partial charge in [0.1, 0.15) is 0 Å². The summed E-state index contributed by atoms with van der Waals surface area (Å²) in [7, 11) is 0. The van der Waals surface area contributed by atoms with E-state index in [2.05, 4.69) is 22.3 Å². The van der Waals surface area contributed by atoms with Gasteiger partial charge in [-0.1, -0.05) is 36.8 Å². The molecule has 0 bridgehead atoms. The van der Waals surface area contributed by atoms with E-state index in [1.165, 1.54) is 19.3 Å². The normalized spacial score (nSPS) is 27.4. The van der Waals surface area contributed by atoms with Crippen LogP contribution in [0.2, 0.25) is 0 Å². The Hall–Kier alpha value is -0.970. The van der Waals surface area contributed by atoms with Crippen molar-refractivity contribution in [2.24, 2.45) is 5.92 Å². The number of thiocarbonyl (C=S) groups is 1. The number of ether oxygens (including phenoxy) is 1. The van der Waals surface area contributed by atoms with Crippen molar-refractivity contribution in [3.63, 3.8) is 0 Å². The number of anilines is 1. The Labute approximate surface area is 126 Å². The summed E-state index contributed by atoms with van der Waals surface area (Å²) in [6, 6.07) is 10.9. The van der Waals surface area contributed by atoms with Gasteiger partial charge in [0.25, 0.3) is 0 Å². The van der Waals surface area contributed by atoms with Crippen molar-refractivity contribution in [2.75, 3.05) is 31.6 Å². The zero-order valence-electron chi connectivity index (χ0n) is 11.8. The quantitative estimate of drug-likeness (QED) is 0.865. The van der Waals surface area contributed by atoms with Gasteiger partial charge in [0.2, 0.25) is 0 Å². The molecule has 4 heteroatoms. The van der Waals surface area contributed by atoms with Gasteiger partial charge in [-0.2, -0.15) is 0 Å². The van der Waals surface area contributed by atoms with Gasteiger partial charge in [0.05, 0.1) is 18.2 Å². The van der Waals surface area contributed by atoms with E-state index in [-0.39, 0.29) is 0 Å². The molecule has 0 aromatic heterocycles. The van der Waals surface area contributed by atoms with Crippen LogP contribution in [0.3, 0.4) is 0 Å². The van der Waals surface area contributed by atoms with Gasteiger partial charge in [0, 0.05) is 30.7 Å². The molecule has 0 amide bonds. The molecule has 0 radical (unpaired) electrons. The molecule has 2 atom stereocenters. The summed E-state index contributed by atoms with van der Waals surface area (Å²) in [5.41, 5.74) is 1.10. The van der Waals surface area contributed by atoms with Gasteiger partial charge in [-0.15, -0.1) is 0 Å². The van der Waals surface area contributed by atoms with E-state index in [0.29, 0.717) is 12.0 Å². The number of nitrogens with zero attached hydrogens (tertiary/aromatic N) is 1. The lowest BCUT2D eigenvalue weighted by molar-refractivity contribution is 0.0137. The third kappa shape index (κ3) is 3.19. The van der Waals surface area contributed by atoms with Crippen LogP contribution in [-0.2, 0) is 4.74 Å². The Morgan fingerprint density at radius 3 is 2.65 bits per heavy atom. The van der Waals surface area contributed by atoms with E-state index in [1.807, 2.05) is 18.2 Å². The maximum absolute atomic E-state index is 5.67. The van der Waals surface area contributed by atoms with Gasteiger partial charge in [-0.05, 0) is 25.0 Å². The Balaban J connectivity index is 1.64. The Morgan fingerprint density at radius 2 is 1.90 bits per heavy atom. The second-order valence-electron chi connectivity index (χ2n) is 5.61. The number of benzene rings is 1. The number of rotatable bonds is 3. The van der Waals surface area contributed by atoms with Gasteiger partial charge in [0.15, 0.2) is 0 Å². The molecule has 1 aliphatic heterocycles. The molecule has 0 unspecified atom stereocenters. The third-order valence-electron chi connectivity index (χ3n) is 4.37. The molecule has 1 saturated carbocycles. The fourth-order valence-electron chi connectivity index (χ4n) is 3.35. The number of hydrogen-bond acceptors (Lipinski definition) is 3.